The fraction of sp³-hybridized carbons (Fsp3) is 0.198. The van der Waals surface area contributed by atoms with E-state index in [0.29, 0.717) is 16.4 Å². The molecule has 3 aliphatic rings. The zero-order valence-electron chi connectivity index (χ0n) is 70.1. The van der Waals surface area contributed by atoms with Gasteiger partial charge in [-0.25, -0.2) is 19.3 Å². The van der Waals surface area contributed by atoms with Gasteiger partial charge < -0.3 is 34.1 Å². The van der Waals surface area contributed by atoms with E-state index in [1.807, 2.05) is 128 Å². The number of aromatic hydroxyl groups is 1. The maximum absolute atomic E-state index is 9.03. The van der Waals surface area contributed by atoms with Gasteiger partial charge in [0.1, 0.15) is 63.2 Å². The molecule has 0 unspecified atom stereocenters. The van der Waals surface area contributed by atoms with Crippen LogP contribution in [0.5, 0.6) is 28.7 Å². The maximum atomic E-state index is 9.03. The zero-order chi connectivity index (χ0) is 87.2. The molecular weight excluding hydrogens is 1910 g/mol. The number of benzene rings is 11. The van der Waals surface area contributed by atoms with E-state index in [1.165, 1.54) is 46.1 Å². The molecule has 0 saturated heterocycles. The van der Waals surface area contributed by atoms with Gasteiger partial charge in [0.05, 0.1) is 55.1 Å². The lowest BCUT2D eigenvalue weighted by Crippen LogP contribution is -2.38. The van der Waals surface area contributed by atoms with E-state index < -0.39 is 18.2 Å². The van der Waals surface area contributed by atoms with Crippen molar-refractivity contribution in [2.45, 2.75) is 128 Å². The minimum atomic E-state index is -1.47. The quantitative estimate of drug-likeness (QED) is 0.0243. The molecule has 18 rings (SSSR count). The Morgan fingerprint density at radius 1 is 0.398 bits per heavy atom. The number of pyridine rings is 2. The van der Waals surface area contributed by atoms with Crippen molar-refractivity contribution in [3.8, 4) is 40.0 Å². The van der Waals surface area contributed by atoms with Crippen LogP contribution in [0.25, 0.3) is 33.1 Å². The number of halogens is 5. The minimum absolute atomic E-state index is 0.0494. The number of rotatable bonds is 18. The highest BCUT2D eigenvalue weighted by Gasteiger charge is 2.43. The largest absolute Gasteiger partial charge is 0.508 e. The number of fused-ring (bicyclic) bond motifs is 5. The lowest BCUT2D eigenvalue weighted by atomic mass is 9.77. The highest BCUT2D eigenvalue weighted by Crippen LogP contribution is 2.47. The van der Waals surface area contributed by atoms with E-state index in [-0.39, 0.29) is 29.6 Å². The maximum Gasteiger partial charge on any atom is 0.488 e. The molecule has 123 heavy (non-hydrogen) atoms. The second kappa shape index (κ2) is 43.7. The molecule has 0 saturated carbocycles. The lowest BCUT2D eigenvalue weighted by molar-refractivity contribution is 0.242. The Balaban J connectivity index is 0.000000145. The third-order valence-corrected chi connectivity index (χ3v) is 21.6. The summed E-state index contributed by atoms with van der Waals surface area (Å²) in [6, 6.07) is 100. The fourth-order valence-electron chi connectivity index (χ4n) is 14.5. The number of alkyl halides is 1. The smallest absolute Gasteiger partial charge is 0.488 e. The second-order valence-corrected chi connectivity index (χ2v) is 35.7. The van der Waals surface area contributed by atoms with Crippen LogP contribution in [-0.2, 0) is 30.7 Å². The van der Waals surface area contributed by atoms with Crippen LogP contribution in [0.2, 0.25) is 10.3 Å². The first-order chi connectivity index (χ1) is 59.4. The number of hydrogen-bond acceptors (Lipinski definition) is 14. The molecule has 0 amide bonds. The summed E-state index contributed by atoms with van der Waals surface area (Å²) in [5, 5.41) is 39.6. The van der Waals surface area contributed by atoms with Gasteiger partial charge in [0, 0.05) is 61.8 Å². The van der Waals surface area contributed by atoms with Crippen LogP contribution in [0, 0.1) is 3.70 Å². The average Bonchev–Trinajstić information content (AvgIpc) is 1.53. The number of nitrogens with zero attached hydrogens (tertiary/aromatic N) is 9. The first-order valence-corrected chi connectivity index (χ1v) is 44.8. The molecular formula is C101H97BCl2I3N9O7. The summed E-state index contributed by atoms with van der Waals surface area (Å²) in [5.74, 6) is 3.84. The molecule has 16 nitrogen and oxygen atoms in total. The van der Waals surface area contributed by atoms with Gasteiger partial charge in [0.25, 0.3) is 0 Å². The lowest BCUT2D eigenvalue weighted by Gasteiger charge is -2.37. The molecule has 22 heteroatoms. The van der Waals surface area contributed by atoms with Crippen LogP contribution in [0.15, 0.2) is 325 Å². The molecule has 0 spiro atoms. The fourth-order valence-corrected chi connectivity index (χ4v) is 16.2. The van der Waals surface area contributed by atoms with E-state index in [0.717, 1.165) is 126 Å². The topological polar surface area (TPSA) is 196 Å². The summed E-state index contributed by atoms with van der Waals surface area (Å²) in [6.07, 6.45) is 7.45. The number of aromatic nitrogens is 6. The van der Waals surface area contributed by atoms with E-state index in [1.54, 1.807) is 24.5 Å². The number of phenols is 1. The molecule has 7 heterocycles. The van der Waals surface area contributed by atoms with E-state index in [4.69, 9.17) is 67.5 Å². The first-order valence-electron chi connectivity index (χ1n) is 40.6. The molecule has 3 N–H and O–H groups in total. The zero-order valence-corrected chi connectivity index (χ0v) is 78.1. The molecule has 0 fully saturated rings. The Morgan fingerprint density at radius 2 is 0.764 bits per heavy atom. The minimum Gasteiger partial charge on any atom is -0.508 e. The van der Waals surface area contributed by atoms with E-state index in [9.17, 15) is 0 Å². The van der Waals surface area contributed by atoms with Crippen molar-refractivity contribution in [1.82, 2.24) is 29.5 Å². The van der Waals surface area contributed by atoms with Crippen molar-refractivity contribution in [1.29, 1.82) is 0 Å². The van der Waals surface area contributed by atoms with Gasteiger partial charge in [-0.15, -0.1) is 0 Å². The van der Waals surface area contributed by atoms with Crippen LogP contribution in [-0.4, -0.2) is 96.3 Å². The Hall–Kier alpha value is -10.6. The summed E-state index contributed by atoms with van der Waals surface area (Å²) in [5.41, 5.74) is 16.7. The summed E-state index contributed by atoms with van der Waals surface area (Å²) >= 11 is 18.8. The van der Waals surface area contributed by atoms with Crippen LogP contribution in [0.3, 0.4) is 0 Å². The number of aliphatic imine (C=N–C) groups is 3. The van der Waals surface area contributed by atoms with Crippen molar-refractivity contribution in [3.05, 3.63) is 390 Å². The van der Waals surface area contributed by atoms with E-state index in [2.05, 4.69) is 322 Å². The first kappa shape index (κ1) is 91.6. The van der Waals surface area contributed by atoms with Crippen molar-refractivity contribution < 1.29 is 34.1 Å². The Bertz CT molecular complexity index is 5870. The van der Waals surface area contributed by atoms with Crippen molar-refractivity contribution in [2.24, 2.45) is 15.0 Å². The summed E-state index contributed by atoms with van der Waals surface area (Å²) in [6.45, 7) is 23.0. The van der Waals surface area contributed by atoms with Crippen LogP contribution in [0.1, 0.15) is 136 Å². The van der Waals surface area contributed by atoms with Crippen LogP contribution < -0.4 is 24.4 Å². The van der Waals surface area contributed by atoms with Gasteiger partial charge in [-0.1, -0.05) is 260 Å². The third kappa shape index (κ3) is 23.3. The van der Waals surface area contributed by atoms with Gasteiger partial charge >= 0.3 is 7.12 Å². The average molecular weight is 2010 g/mol. The molecule has 11 aromatic carbocycles. The number of hydrogen-bond donors (Lipinski definition) is 3. The standard InChI is InChI=1S/C34H28ClN3O.C29H25IN2O.C11H12INO.C11H13NO.C8H7NO.C5H5BClNO2.C3H7I/c1-24(2)39-29-18-19-31-30(23-29)33(25-20-21-36-32(35)22-25)37-38(31)34(26-12-6-3-7-13-26,27-14-8-4-9-15-27)28-16-10-5-11-17-28;1-21(2)33-25-18-19-27-26(20-25)28(30)31-32(27)29(22-12-6-3-7-13-22,23-14-8-4-9-15-23)24-16-10-5-11-17-24;1-7(2)14-9-4-3-8-6-13-11(12)10(8)5-9;1-8(2)13-11-4-3-9-6-12-7-10(9)5-11;10-8-2-1-6-4-9-5-7(6)3-8;7-5-3-4(6(9)10)1-2-8-5;1-3(2)4/h3-24H,1-2H3;3-21H,1-2H3;3-5,7H,6H2,1-2H3;3-5,7-8H,6H2,1-2H3;1-3,5,10H,4H2;1-3,9-10H;3H,1-2H3. The summed E-state index contributed by atoms with van der Waals surface area (Å²) in [4.78, 5) is 20.5. The van der Waals surface area contributed by atoms with E-state index >= 15 is 0 Å². The monoisotopic (exact) mass is 2010 g/mol. The molecule has 0 atom stereocenters. The Labute approximate surface area is 771 Å². The van der Waals surface area contributed by atoms with Crippen LogP contribution in [0.4, 0.5) is 0 Å². The van der Waals surface area contributed by atoms with Crippen LogP contribution >= 0.6 is 91.0 Å². The number of phenolic OH excluding ortho intramolecular Hbond substituents is 1. The normalized spacial score (nSPS) is 12.1. The Kier molecular flexibility index (Phi) is 32.5. The SMILES string of the molecule is CC(C)I.CC(C)Oc1ccc2c(c1)C(I)=NC2.CC(C)Oc1ccc2c(c1)C=NC2.CC(C)Oc1ccc2c(c1)c(-c1ccnc(Cl)c1)nn2C(c1ccccc1)(c1ccccc1)c1ccccc1.CC(C)Oc1ccc2c(c1)c(I)nn2C(c1ccccc1)(c1ccccc1)c1ccccc1.OB(O)c1ccnc(Cl)c1.Oc1ccc2c(c1)C=NC2. The second-order valence-electron chi connectivity index (χ2n) is 30.4. The highest BCUT2D eigenvalue weighted by molar-refractivity contribution is 14.1. The summed E-state index contributed by atoms with van der Waals surface area (Å²) in [7, 11) is -1.47. The molecule has 0 radical (unpaired) electrons. The summed E-state index contributed by atoms with van der Waals surface area (Å²) < 4.78 is 30.5. The van der Waals surface area contributed by atoms with Gasteiger partial charge in [-0.2, -0.15) is 10.2 Å². The predicted octanol–water partition coefficient (Wildman–Crippen LogP) is 23.8. The molecule has 4 aromatic heterocycles. The molecule has 626 valence electrons. The Morgan fingerprint density at radius 3 is 1.18 bits per heavy atom. The van der Waals surface area contributed by atoms with Crippen molar-refractivity contribution in [2.75, 3.05) is 0 Å². The molecule has 0 bridgehead atoms. The number of ether oxygens (including phenoxy) is 4. The van der Waals surface area contributed by atoms with Gasteiger partial charge in [-0.05, 0) is 253 Å². The van der Waals surface area contributed by atoms with Crippen molar-refractivity contribution >= 4 is 142 Å². The molecule has 15 aromatic rings. The highest BCUT2D eigenvalue weighted by atomic mass is 127. The van der Waals surface area contributed by atoms with Gasteiger partial charge in [0.2, 0.25) is 0 Å². The molecule has 3 aliphatic heterocycles. The third-order valence-electron chi connectivity index (χ3n) is 19.5. The predicted molar refractivity (Wildman–Crippen MR) is 529 cm³/mol. The van der Waals surface area contributed by atoms with Gasteiger partial charge in [-0.3, -0.25) is 15.0 Å². The molecule has 0 aliphatic carbocycles. The van der Waals surface area contributed by atoms with Gasteiger partial charge in [0.15, 0.2) is 0 Å². The van der Waals surface area contributed by atoms with Crippen molar-refractivity contribution in [3.63, 3.8) is 0 Å².